The fourth-order valence-corrected chi connectivity index (χ4v) is 0.973. The zero-order valence-electron chi connectivity index (χ0n) is 8.32. The summed E-state index contributed by atoms with van der Waals surface area (Å²) in [5.41, 5.74) is 0.383. The van der Waals surface area contributed by atoms with E-state index in [1.807, 2.05) is 0 Å². The van der Waals surface area contributed by atoms with Crippen LogP contribution in [0.4, 0.5) is 0 Å². The molecule has 4 nitrogen and oxygen atoms in total. The van der Waals surface area contributed by atoms with Crippen LogP contribution in [0.15, 0.2) is 42.6 Å². The molecule has 0 radical (unpaired) electrons. The molecule has 0 unspecified atom stereocenters. The number of esters is 1. The molecule has 0 fully saturated rings. The Morgan fingerprint density at radius 3 is 2.40 bits per heavy atom. The zero-order valence-corrected chi connectivity index (χ0v) is 8.32. The van der Waals surface area contributed by atoms with E-state index in [2.05, 4.69) is 16.6 Å². The molecule has 0 aliphatic rings. The van der Waals surface area contributed by atoms with Gasteiger partial charge in [0, 0.05) is 5.56 Å². The first-order chi connectivity index (χ1) is 7.15. The van der Waals surface area contributed by atoms with E-state index >= 15 is 0 Å². The number of nitrogens with one attached hydrogen (secondary N) is 1. The molecule has 0 saturated heterocycles. The third kappa shape index (κ3) is 2.95. The van der Waals surface area contributed by atoms with Gasteiger partial charge in [-0.2, -0.15) is 0 Å². The van der Waals surface area contributed by atoms with E-state index < -0.39 is 5.97 Å². The summed E-state index contributed by atoms with van der Waals surface area (Å²) in [4.78, 5) is 22.4. The normalized spacial score (nSPS) is 9.13. The first-order valence-corrected chi connectivity index (χ1v) is 4.28. The van der Waals surface area contributed by atoms with Gasteiger partial charge in [-0.25, -0.2) is 4.79 Å². The lowest BCUT2D eigenvalue weighted by Crippen LogP contribution is -2.27. The lowest BCUT2D eigenvalue weighted by molar-refractivity contribution is -0.136. The first-order valence-electron chi connectivity index (χ1n) is 4.28. The smallest absolute Gasteiger partial charge is 0.353 e. The molecule has 1 rings (SSSR count). The third-order valence-corrected chi connectivity index (χ3v) is 1.73. The van der Waals surface area contributed by atoms with Crippen LogP contribution in [0.2, 0.25) is 0 Å². The van der Waals surface area contributed by atoms with E-state index in [-0.39, 0.29) is 11.6 Å². The molecule has 0 heterocycles. The summed E-state index contributed by atoms with van der Waals surface area (Å²) in [5.74, 6) is -1.04. The number of hydrogen-bond acceptors (Lipinski definition) is 3. The largest absolute Gasteiger partial charge is 0.464 e. The second-order valence-corrected chi connectivity index (χ2v) is 2.79. The SMILES string of the molecule is C=C(NC(=O)c1ccccc1)C(=O)OC. The molecule has 0 spiro atoms. The predicted molar refractivity (Wildman–Crippen MR) is 55.1 cm³/mol. The number of ether oxygens (including phenoxy) is 1. The second kappa shape index (κ2) is 4.95. The maximum atomic E-state index is 11.5. The van der Waals surface area contributed by atoms with Crippen LogP contribution < -0.4 is 5.32 Å². The fourth-order valence-electron chi connectivity index (χ4n) is 0.973. The fraction of sp³-hybridized carbons (Fsp3) is 0.0909. The van der Waals surface area contributed by atoms with Gasteiger partial charge in [0.1, 0.15) is 5.70 Å². The minimum atomic E-state index is -0.653. The minimum Gasteiger partial charge on any atom is -0.464 e. The van der Waals surface area contributed by atoms with Crippen molar-refractivity contribution in [3.63, 3.8) is 0 Å². The van der Waals surface area contributed by atoms with Crippen LogP contribution in [-0.2, 0) is 9.53 Å². The summed E-state index contributed by atoms with van der Waals surface area (Å²) in [6, 6.07) is 8.54. The van der Waals surface area contributed by atoms with Gasteiger partial charge >= 0.3 is 5.97 Å². The standard InChI is InChI=1S/C11H11NO3/c1-8(11(14)15-2)12-10(13)9-6-4-3-5-7-9/h3-7H,1H2,2H3,(H,12,13). The molecule has 1 aromatic rings. The molecule has 0 aromatic heterocycles. The van der Waals surface area contributed by atoms with E-state index in [9.17, 15) is 9.59 Å². The zero-order chi connectivity index (χ0) is 11.3. The lowest BCUT2D eigenvalue weighted by Gasteiger charge is -2.05. The Kier molecular flexibility index (Phi) is 3.62. The van der Waals surface area contributed by atoms with Crippen molar-refractivity contribution in [3.8, 4) is 0 Å². The van der Waals surface area contributed by atoms with Crippen molar-refractivity contribution in [1.82, 2.24) is 5.32 Å². The maximum absolute atomic E-state index is 11.5. The molecular weight excluding hydrogens is 194 g/mol. The molecular formula is C11H11NO3. The van der Waals surface area contributed by atoms with Crippen LogP contribution in [-0.4, -0.2) is 19.0 Å². The van der Waals surface area contributed by atoms with Gasteiger partial charge in [-0.1, -0.05) is 24.8 Å². The molecule has 15 heavy (non-hydrogen) atoms. The molecule has 1 N–H and O–H groups in total. The summed E-state index contributed by atoms with van der Waals surface area (Å²) in [7, 11) is 1.22. The summed E-state index contributed by atoms with van der Waals surface area (Å²) < 4.78 is 4.40. The number of methoxy groups -OCH3 is 1. The van der Waals surface area contributed by atoms with Gasteiger partial charge in [0.25, 0.3) is 5.91 Å². The lowest BCUT2D eigenvalue weighted by atomic mass is 10.2. The van der Waals surface area contributed by atoms with Crippen molar-refractivity contribution >= 4 is 11.9 Å². The molecule has 0 atom stereocenters. The molecule has 0 aliphatic carbocycles. The highest BCUT2D eigenvalue weighted by molar-refractivity contribution is 6.00. The summed E-state index contributed by atoms with van der Waals surface area (Å²) in [5, 5.41) is 2.34. The number of rotatable bonds is 3. The van der Waals surface area contributed by atoms with Gasteiger partial charge in [0.15, 0.2) is 0 Å². The highest BCUT2D eigenvalue weighted by Gasteiger charge is 2.11. The van der Waals surface area contributed by atoms with E-state index in [0.29, 0.717) is 5.56 Å². The van der Waals surface area contributed by atoms with Crippen molar-refractivity contribution in [1.29, 1.82) is 0 Å². The third-order valence-electron chi connectivity index (χ3n) is 1.73. The Morgan fingerprint density at radius 1 is 1.27 bits per heavy atom. The van der Waals surface area contributed by atoms with Gasteiger partial charge in [0.2, 0.25) is 0 Å². The van der Waals surface area contributed by atoms with Gasteiger partial charge < -0.3 is 10.1 Å². The van der Waals surface area contributed by atoms with Gasteiger partial charge in [-0.3, -0.25) is 4.79 Å². The van der Waals surface area contributed by atoms with Crippen LogP contribution in [0.5, 0.6) is 0 Å². The number of carbonyl (C=O) groups excluding carboxylic acids is 2. The topological polar surface area (TPSA) is 55.4 Å². The molecule has 0 saturated carbocycles. The van der Waals surface area contributed by atoms with E-state index in [4.69, 9.17) is 0 Å². The van der Waals surface area contributed by atoms with Crippen LogP contribution in [0.25, 0.3) is 0 Å². The summed E-state index contributed by atoms with van der Waals surface area (Å²) in [6.07, 6.45) is 0. The molecule has 78 valence electrons. The van der Waals surface area contributed by atoms with Gasteiger partial charge in [-0.05, 0) is 12.1 Å². The van der Waals surface area contributed by atoms with Crippen LogP contribution in [0.1, 0.15) is 10.4 Å². The summed E-state index contributed by atoms with van der Waals surface area (Å²) in [6.45, 7) is 3.38. The Bertz CT molecular complexity index is 384. The van der Waals surface area contributed by atoms with Crippen LogP contribution >= 0.6 is 0 Å². The van der Waals surface area contributed by atoms with Crippen molar-refractivity contribution in [3.05, 3.63) is 48.2 Å². The molecule has 1 amide bonds. The van der Waals surface area contributed by atoms with Gasteiger partial charge in [0.05, 0.1) is 7.11 Å². The molecule has 4 heteroatoms. The van der Waals surface area contributed by atoms with Gasteiger partial charge in [-0.15, -0.1) is 0 Å². The average Bonchev–Trinajstić information content (AvgIpc) is 2.29. The van der Waals surface area contributed by atoms with Crippen LogP contribution in [0.3, 0.4) is 0 Å². The highest BCUT2D eigenvalue weighted by atomic mass is 16.5. The van der Waals surface area contributed by atoms with E-state index in [0.717, 1.165) is 0 Å². The Morgan fingerprint density at radius 2 is 1.87 bits per heavy atom. The molecule has 0 bridgehead atoms. The number of amides is 1. The quantitative estimate of drug-likeness (QED) is 0.594. The Hall–Kier alpha value is -2.10. The van der Waals surface area contributed by atoms with E-state index in [1.54, 1.807) is 30.3 Å². The average molecular weight is 205 g/mol. The molecule has 1 aromatic carbocycles. The maximum Gasteiger partial charge on any atom is 0.353 e. The summed E-state index contributed by atoms with van der Waals surface area (Å²) >= 11 is 0. The van der Waals surface area contributed by atoms with Crippen molar-refractivity contribution in [2.75, 3.05) is 7.11 Å². The monoisotopic (exact) mass is 205 g/mol. The van der Waals surface area contributed by atoms with E-state index in [1.165, 1.54) is 7.11 Å². The van der Waals surface area contributed by atoms with Crippen molar-refractivity contribution in [2.45, 2.75) is 0 Å². The number of hydrogen-bond donors (Lipinski definition) is 1. The van der Waals surface area contributed by atoms with Crippen molar-refractivity contribution in [2.24, 2.45) is 0 Å². The first kappa shape index (κ1) is 11.0. The number of carbonyl (C=O) groups is 2. The van der Waals surface area contributed by atoms with Crippen LogP contribution in [0, 0.1) is 0 Å². The predicted octanol–water partition coefficient (Wildman–Crippen LogP) is 1.10. The highest BCUT2D eigenvalue weighted by Crippen LogP contribution is 1.99. The Labute approximate surface area is 87.6 Å². The van der Waals surface area contributed by atoms with Crippen molar-refractivity contribution < 1.29 is 14.3 Å². The second-order valence-electron chi connectivity index (χ2n) is 2.79. The molecule has 0 aliphatic heterocycles. The number of benzene rings is 1. The minimum absolute atomic E-state index is 0.0775. The Balaban J connectivity index is 2.65.